The zero-order chi connectivity index (χ0) is 20.2. The molecule has 2 fully saturated rings. The first-order chi connectivity index (χ1) is 14.2. The van der Waals surface area contributed by atoms with Gasteiger partial charge in [0.2, 0.25) is 5.75 Å². The van der Waals surface area contributed by atoms with Gasteiger partial charge in [0, 0.05) is 12.1 Å². The Bertz CT molecular complexity index is 907. The summed E-state index contributed by atoms with van der Waals surface area (Å²) >= 11 is 6.27. The molecule has 3 N–H and O–H groups in total. The first-order valence-corrected chi connectivity index (χ1v) is 10.0. The molecule has 2 aliphatic rings. The lowest BCUT2D eigenvalue weighted by atomic mass is 10.0. The summed E-state index contributed by atoms with van der Waals surface area (Å²) in [6, 6.07) is 7.94. The Morgan fingerprint density at radius 1 is 1.28 bits per heavy atom. The Labute approximate surface area is 173 Å². The van der Waals surface area contributed by atoms with E-state index in [1.54, 1.807) is 18.2 Å². The van der Waals surface area contributed by atoms with Crippen LogP contribution in [0.5, 0.6) is 11.6 Å². The van der Waals surface area contributed by atoms with Crippen LogP contribution in [-0.4, -0.2) is 46.5 Å². The van der Waals surface area contributed by atoms with E-state index in [2.05, 4.69) is 20.6 Å². The van der Waals surface area contributed by atoms with Gasteiger partial charge in [0.15, 0.2) is 5.82 Å². The van der Waals surface area contributed by atoms with Gasteiger partial charge in [-0.2, -0.15) is 10.2 Å². The van der Waals surface area contributed by atoms with Crippen LogP contribution in [-0.2, 0) is 0 Å². The maximum atomic E-state index is 9.21. The van der Waals surface area contributed by atoms with Gasteiger partial charge < -0.3 is 25.2 Å². The van der Waals surface area contributed by atoms with Crippen molar-refractivity contribution in [1.82, 2.24) is 15.3 Å². The molecular formula is C20H22ClN5O3. The van der Waals surface area contributed by atoms with Gasteiger partial charge in [0.05, 0.1) is 28.9 Å². The quantitative estimate of drug-likeness (QED) is 0.632. The van der Waals surface area contributed by atoms with E-state index in [4.69, 9.17) is 26.3 Å². The van der Waals surface area contributed by atoms with Gasteiger partial charge in [-0.25, -0.2) is 4.98 Å². The first kappa shape index (κ1) is 19.7. The van der Waals surface area contributed by atoms with E-state index in [0.29, 0.717) is 45.8 Å². The van der Waals surface area contributed by atoms with Crippen LogP contribution in [0.3, 0.4) is 0 Å². The van der Waals surface area contributed by atoms with Gasteiger partial charge in [-0.05, 0) is 43.9 Å². The Morgan fingerprint density at radius 2 is 2.07 bits per heavy atom. The SMILES string of the molecule is N#Cc1ccc(Nc2ncnc(OC3CC4CC[C@@H](C3)N4)c2OCCO)c(Cl)c1. The molecular weight excluding hydrogens is 394 g/mol. The number of fused-ring (bicyclic) bond motifs is 2. The molecule has 9 heteroatoms. The predicted octanol–water partition coefficient (Wildman–Crippen LogP) is 2.78. The van der Waals surface area contributed by atoms with Crippen LogP contribution in [0.25, 0.3) is 0 Å². The van der Waals surface area contributed by atoms with Crippen molar-refractivity contribution in [1.29, 1.82) is 5.26 Å². The van der Waals surface area contributed by atoms with Crippen LogP contribution in [0.1, 0.15) is 31.2 Å². The molecule has 2 saturated heterocycles. The molecule has 152 valence electrons. The number of nitrogens with zero attached hydrogens (tertiary/aromatic N) is 3. The molecule has 0 aliphatic carbocycles. The minimum absolute atomic E-state index is 0.0477. The van der Waals surface area contributed by atoms with E-state index in [0.717, 1.165) is 12.8 Å². The zero-order valence-electron chi connectivity index (χ0n) is 15.8. The van der Waals surface area contributed by atoms with Gasteiger partial charge in [-0.3, -0.25) is 0 Å². The number of piperidine rings is 1. The lowest BCUT2D eigenvalue weighted by Crippen LogP contribution is -2.42. The Hall–Kier alpha value is -2.60. The fourth-order valence-electron chi connectivity index (χ4n) is 3.88. The summed E-state index contributed by atoms with van der Waals surface area (Å²) in [6.07, 6.45) is 5.63. The molecule has 0 radical (unpaired) electrons. The number of halogens is 1. The van der Waals surface area contributed by atoms with E-state index in [1.807, 2.05) is 6.07 Å². The molecule has 3 heterocycles. The van der Waals surface area contributed by atoms with E-state index in [-0.39, 0.29) is 19.3 Å². The first-order valence-electron chi connectivity index (χ1n) is 9.64. The summed E-state index contributed by atoms with van der Waals surface area (Å²) in [5, 5.41) is 25.3. The third kappa shape index (κ3) is 4.53. The molecule has 2 bridgehead atoms. The summed E-state index contributed by atoms with van der Waals surface area (Å²) in [5.74, 6) is 1.05. The fraction of sp³-hybridized carbons (Fsp3) is 0.450. The number of aromatic nitrogens is 2. The topological polar surface area (TPSA) is 112 Å². The van der Waals surface area contributed by atoms with Gasteiger partial charge in [0.25, 0.3) is 5.88 Å². The third-order valence-corrected chi connectivity index (χ3v) is 5.48. The zero-order valence-corrected chi connectivity index (χ0v) is 16.5. The Kier molecular flexibility index (Phi) is 6.00. The van der Waals surface area contributed by atoms with E-state index in [1.165, 1.54) is 19.2 Å². The van der Waals surface area contributed by atoms with Gasteiger partial charge in [0.1, 0.15) is 19.0 Å². The highest BCUT2D eigenvalue weighted by atomic mass is 35.5. The lowest BCUT2D eigenvalue weighted by Gasteiger charge is -2.29. The predicted molar refractivity (Wildman–Crippen MR) is 108 cm³/mol. The number of anilines is 2. The second-order valence-corrected chi connectivity index (χ2v) is 7.62. The average Bonchev–Trinajstić information content (AvgIpc) is 3.07. The van der Waals surface area contributed by atoms with E-state index in [9.17, 15) is 5.11 Å². The summed E-state index contributed by atoms with van der Waals surface area (Å²) in [7, 11) is 0. The molecule has 3 atom stereocenters. The molecule has 29 heavy (non-hydrogen) atoms. The molecule has 0 saturated carbocycles. The highest BCUT2D eigenvalue weighted by Gasteiger charge is 2.35. The lowest BCUT2D eigenvalue weighted by molar-refractivity contribution is 0.122. The molecule has 0 spiro atoms. The molecule has 2 aromatic rings. The maximum Gasteiger partial charge on any atom is 0.262 e. The number of rotatable bonds is 7. The molecule has 8 nitrogen and oxygen atoms in total. The number of aliphatic hydroxyl groups excluding tert-OH is 1. The number of nitrogens with one attached hydrogen (secondary N) is 2. The monoisotopic (exact) mass is 415 g/mol. The second kappa shape index (κ2) is 8.82. The van der Waals surface area contributed by atoms with Crippen molar-refractivity contribution in [3.05, 3.63) is 35.1 Å². The van der Waals surface area contributed by atoms with Crippen molar-refractivity contribution < 1.29 is 14.6 Å². The molecule has 0 amide bonds. The van der Waals surface area contributed by atoms with Crippen LogP contribution in [0.2, 0.25) is 5.02 Å². The maximum absolute atomic E-state index is 9.21. The summed E-state index contributed by atoms with van der Waals surface area (Å²) in [4.78, 5) is 8.53. The number of nitriles is 1. The summed E-state index contributed by atoms with van der Waals surface area (Å²) in [5.41, 5.74) is 1.04. The summed E-state index contributed by atoms with van der Waals surface area (Å²) < 4.78 is 11.9. The van der Waals surface area contributed by atoms with Crippen LogP contribution in [0, 0.1) is 11.3 Å². The number of hydrogen-bond acceptors (Lipinski definition) is 8. The second-order valence-electron chi connectivity index (χ2n) is 7.21. The van der Waals surface area contributed by atoms with E-state index >= 15 is 0 Å². The van der Waals surface area contributed by atoms with Gasteiger partial charge in [-0.1, -0.05) is 11.6 Å². The average molecular weight is 416 g/mol. The number of ether oxygens (including phenoxy) is 2. The standard InChI is InChI=1S/C20H22ClN5O3/c21-16-7-12(10-22)1-4-17(16)26-19-18(28-6-5-27)20(24-11-23-19)29-15-8-13-2-3-14(9-15)25-13/h1,4,7,11,13-15,25,27H,2-3,5-6,8-9H2,(H,23,24,26)/t13-,14?,15?/m0/s1. The number of hydrogen-bond donors (Lipinski definition) is 3. The number of aliphatic hydroxyl groups is 1. The molecule has 1 aromatic heterocycles. The van der Waals surface area contributed by atoms with Crippen molar-refractivity contribution in [3.63, 3.8) is 0 Å². The highest BCUT2D eigenvalue weighted by molar-refractivity contribution is 6.33. The highest BCUT2D eigenvalue weighted by Crippen LogP contribution is 2.37. The fourth-order valence-corrected chi connectivity index (χ4v) is 4.11. The van der Waals surface area contributed by atoms with Crippen LogP contribution in [0.15, 0.2) is 24.5 Å². The van der Waals surface area contributed by atoms with Gasteiger partial charge >= 0.3 is 0 Å². The largest absolute Gasteiger partial charge is 0.483 e. The van der Waals surface area contributed by atoms with Crippen LogP contribution < -0.4 is 20.1 Å². The minimum Gasteiger partial charge on any atom is -0.483 e. The third-order valence-electron chi connectivity index (χ3n) is 5.17. The Morgan fingerprint density at radius 3 is 2.76 bits per heavy atom. The van der Waals surface area contributed by atoms with Crippen molar-refractivity contribution in [3.8, 4) is 17.7 Å². The van der Waals surface area contributed by atoms with Crippen LogP contribution in [0.4, 0.5) is 11.5 Å². The molecule has 2 unspecified atom stereocenters. The molecule has 4 rings (SSSR count). The van der Waals surface area contributed by atoms with Crippen molar-refractivity contribution in [2.24, 2.45) is 0 Å². The van der Waals surface area contributed by atoms with Crippen LogP contribution >= 0.6 is 11.6 Å². The van der Waals surface area contributed by atoms with Crippen molar-refractivity contribution in [2.75, 3.05) is 18.5 Å². The van der Waals surface area contributed by atoms with Crippen molar-refractivity contribution in [2.45, 2.75) is 43.9 Å². The smallest absolute Gasteiger partial charge is 0.262 e. The number of benzene rings is 1. The van der Waals surface area contributed by atoms with E-state index < -0.39 is 0 Å². The molecule has 2 aliphatic heterocycles. The normalized spacial score (nSPS) is 22.7. The Balaban J connectivity index is 1.58. The molecule has 1 aromatic carbocycles. The van der Waals surface area contributed by atoms with Crippen molar-refractivity contribution >= 4 is 23.1 Å². The minimum atomic E-state index is -0.150. The van der Waals surface area contributed by atoms with Gasteiger partial charge in [-0.15, -0.1) is 0 Å². The summed E-state index contributed by atoms with van der Waals surface area (Å²) in [6.45, 7) is -0.0696.